The Labute approximate surface area is 245 Å². The standard InChI is InChI=1S/C31H32ClN5O2S/c1-19-17-20(11-13-22(19)32)36-16-8-10-25(36)28-27(24-9-6-7-15-33-24)35-30(40)37(28)21-12-14-23(26(18-21)39-5)34-29(38)31(2,3)4/h6-18,27-28H,1-5H3,(H,34,38)(H,35,40)/t27-,28-/m1/s1. The fourth-order valence-electron chi connectivity index (χ4n) is 4.83. The molecule has 0 spiro atoms. The molecule has 206 valence electrons. The van der Waals surface area contributed by atoms with E-state index in [1.807, 2.05) is 88.5 Å². The molecule has 1 fully saturated rings. The van der Waals surface area contributed by atoms with Crippen LogP contribution in [0.2, 0.25) is 5.02 Å². The lowest BCUT2D eigenvalue weighted by Crippen LogP contribution is -2.30. The van der Waals surface area contributed by atoms with Crippen molar-refractivity contribution in [2.75, 3.05) is 17.3 Å². The smallest absolute Gasteiger partial charge is 0.229 e. The predicted molar refractivity (Wildman–Crippen MR) is 165 cm³/mol. The zero-order valence-electron chi connectivity index (χ0n) is 23.1. The average Bonchev–Trinajstić information content (AvgIpc) is 3.54. The van der Waals surface area contributed by atoms with Gasteiger partial charge in [-0.05, 0) is 79.3 Å². The maximum Gasteiger partial charge on any atom is 0.229 e. The van der Waals surface area contributed by atoms with E-state index in [1.165, 1.54) is 0 Å². The third-order valence-electron chi connectivity index (χ3n) is 6.99. The van der Waals surface area contributed by atoms with Crippen molar-refractivity contribution < 1.29 is 9.53 Å². The molecule has 2 aromatic heterocycles. The molecule has 3 heterocycles. The Morgan fingerprint density at radius 2 is 1.85 bits per heavy atom. The monoisotopic (exact) mass is 573 g/mol. The first-order chi connectivity index (χ1) is 19.1. The number of methoxy groups -OCH3 is 1. The van der Waals surface area contributed by atoms with Crippen LogP contribution in [0.15, 0.2) is 79.1 Å². The molecular weight excluding hydrogens is 542 g/mol. The summed E-state index contributed by atoms with van der Waals surface area (Å²) in [7, 11) is 1.59. The number of nitrogens with zero attached hydrogens (tertiary/aromatic N) is 3. The Balaban J connectivity index is 1.61. The fraction of sp³-hybridized carbons (Fsp3) is 0.258. The van der Waals surface area contributed by atoms with Gasteiger partial charge in [0.1, 0.15) is 11.8 Å². The van der Waals surface area contributed by atoms with Gasteiger partial charge in [0.05, 0.1) is 24.5 Å². The Morgan fingerprint density at radius 3 is 2.52 bits per heavy atom. The number of rotatable bonds is 6. The molecule has 1 aliphatic rings. The molecule has 9 heteroatoms. The Hall–Kier alpha value is -3.88. The van der Waals surface area contributed by atoms with Gasteiger partial charge in [0, 0.05) is 46.0 Å². The van der Waals surface area contributed by atoms with Crippen molar-refractivity contribution in [2.45, 2.75) is 39.8 Å². The van der Waals surface area contributed by atoms with Gasteiger partial charge in [-0.2, -0.15) is 0 Å². The largest absolute Gasteiger partial charge is 0.494 e. The van der Waals surface area contributed by atoms with E-state index < -0.39 is 5.41 Å². The second-order valence-corrected chi connectivity index (χ2v) is 11.6. The van der Waals surface area contributed by atoms with Crippen LogP contribution in [0.4, 0.5) is 11.4 Å². The molecule has 0 aliphatic carbocycles. The first kappa shape index (κ1) is 27.7. The van der Waals surface area contributed by atoms with Crippen LogP contribution in [0.3, 0.4) is 0 Å². The molecule has 0 saturated carbocycles. The van der Waals surface area contributed by atoms with Crippen molar-refractivity contribution >= 4 is 46.2 Å². The van der Waals surface area contributed by atoms with Gasteiger partial charge in [0.15, 0.2) is 5.11 Å². The third-order valence-corrected chi connectivity index (χ3v) is 7.73. The van der Waals surface area contributed by atoms with E-state index in [4.69, 9.17) is 28.6 Å². The highest BCUT2D eigenvalue weighted by Crippen LogP contribution is 2.44. The topological polar surface area (TPSA) is 71.4 Å². The van der Waals surface area contributed by atoms with Crippen molar-refractivity contribution in [1.29, 1.82) is 0 Å². The van der Waals surface area contributed by atoms with Gasteiger partial charge in [-0.3, -0.25) is 9.78 Å². The first-order valence-corrected chi connectivity index (χ1v) is 13.8. The quantitative estimate of drug-likeness (QED) is 0.242. The van der Waals surface area contributed by atoms with E-state index in [9.17, 15) is 4.79 Å². The Morgan fingerprint density at radius 1 is 1.07 bits per heavy atom. The zero-order chi connectivity index (χ0) is 28.6. The van der Waals surface area contributed by atoms with Gasteiger partial charge in [0.25, 0.3) is 0 Å². The van der Waals surface area contributed by atoms with Crippen LogP contribution in [0.1, 0.15) is 49.8 Å². The lowest BCUT2D eigenvalue weighted by Gasteiger charge is -2.29. The molecule has 0 radical (unpaired) electrons. The molecule has 0 unspecified atom stereocenters. The van der Waals surface area contributed by atoms with Crippen molar-refractivity contribution in [2.24, 2.45) is 5.41 Å². The number of hydrogen-bond donors (Lipinski definition) is 2. The summed E-state index contributed by atoms with van der Waals surface area (Å²) in [5.74, 6) is 0.447. The van der Waals surface area contributed by atoms with Crippen LogP contribution in [0.5, 0.6) is 5.75 Å². The second-order valence-electron chi connectivity index (χ2n) is 10.8. The highest BCUT2D eigenvalue weighted by molar-refractivity contribution is 7.80. The van der Waals surface area contributed by atoms with Crippen LogP contribution in [-0.2, 0) is 4.79 Å². The molecule has 7 nitrogen and oxygen atoms in total. The lowest BCUT2D eigenvalue weighted by molar-refractivity contribution is -0.123. The summed E-state index contributed by atoms with van der Waals surface area (Å²) in [6, 6.07) is 21.2. The molecule has 1 aliphatic heterocycles. The van der Waals surface area contributed by atoms with E-state index in [-0.39, 0.29) is 18.0 Å². The van der Waals surface area contributed by atoms with Crippen LogP contribution in [0, 0.1) is 12.3 Å². The van der Waals surface area contributed by atoms with E-state index in [0.717, 1.165) is 33.3 Å². The van der Waals surface area contributed by atoms with E-state index in [0.29, 0.717) is 16.5 Å². The normalized spacial score (nSPS) is 17.1. The summed E-state index contributed by atoms with van der Waals surface area (Å²) >= 11 is 12.3. The SMILES string of the molecule is COc1cc(N2C(=S)N[C@H](c3ccccn3)[C@H]2c2cccn2-c2ccc(Cl)c(C)c2)ccc1NC(=O)C(C)(C)C. The maximum atomic E-state index is 12.7. The molecule has 1 amide bonds. The highest BCUT2D eigenvalue weighted by Gasteiger charge is 2.42. The van der Waals surface area contributed by atoms with Crippen LogP contribution in [0.25, 0.3) is 5.69 Å². The number of benzene rings is 2. The van der Waals surface area contributed by atoms with Crippen molar-refractivity contribution in [3.8, 4) is 11.4 Å². The van der Waals surface area contributed by atoms with Crippen LogP contribution in [-0.4, -0.2) is 27.7 Å². The Bertz CT molecular complexity index is 1560. The van der Waals surface area contributed by atoms with Gasteiger partial charge >= 0.3 is 0 Å². The number of aromatic nitrogens is 2. The Kier molecular flexibility index (Phi) is 7.57. The zero-order valence-corrected chi connectivity index (χ0v) is 24.7. The van der Waals surface area contributed by atoms with E-state index in [1.54, 1.807) is 13.3 Å². The highest BCUT2D eigenvalue weighted by atomic mass is 35.5. The molecule has 1 saturated heterocycles. The molecule has 5 rings (SSSR count). The summed E-state index contributed by atoms with van der Waals surface area (Å²) in [6.07, 6.45) is 3.83. The maximum absolute atomic E-state index is 12.7. The molecule has 2 atom stereocenters. The van der Waals surface area contributed by atoms with Crippen LogP contribution >= 0.6 is 23.8 Å². The van der Waals surface area contributed by atoms with Crippen molar-refractivity contribution in [3.05, 3.63) is 101 Å². The van der Waals surface area contributed by atoms with Crippen molar-refractivity contribution in [1.82, 2.24) is 14.9 Å². The molecule has 2 aromatic carbocycles. The minimum Gasteiger partial charge on any atom is -0.494 e. The minimum absolute atomic E-state index is 0.0962. The molecule has 40 heavy (non-hydrogen) atoms. The number of ether oxygens (including phenoxy) is 1. The summed E-state index contributed by atoms with van der Waals surface area (Å²) < 4.78 is 7.87. The molecule has 0 bridgehead atoms. The number of aryl methyl sites for hydroxylation is 1. The number of pyridine rings is 1. The third kappa shape index (κ3) is 5.29. The summed E-state index contributed by atoms with van der Waals surface area (Å²) in [5, 5.41) is 7.78. The number of nitrogens with one attached hydrogen (secondary N) is 2. The van der Waals surface area contributed by atoms with Gasteiger partial charge in [-0.25, -0.2) is 0 Å². The average molecular weight is 574 g/mol. The number of carbonyl (C=O) groups is 1. The number of hydrogen-bond acceptors (Lipinski definition) is 4. The van der Waals surface area contributed by atoms with Crippen LogP contribution < -0.4 is 20.3 Å². The number of amides is 1. The van der Waals surface area contributed by atoms with Gasteiger partial charge in [0.2, 0.25) is 5.91 Å². The number of anilines is 2. The molecular formula is C31H32ClN5O2S. The summed E-state index contributed by atoms with van der Waals surface area (Å²) in [4.78, 5) is 19.4. The second kappa shape index (κ2) is 10.9. The summed E-state index contributed by atoms with van der Waals surface area (Å²) in [6.45, 7) is 7.61. The van der Waals surface area contributed by atoms with Gasteiger partial charge in [-0.1, -0.05) is 38.4 Å². The molecule has 2 N–H and O–H groups in total. The van der Waals surface area contributed by atoms with Crippen molar-refractivity contribution in [3.63, 3.8) is 0 Å². The lowest BCUT2D eigenvalue weighted by atomic mass is 9.95. The van der Waals surface area contributed by atoms with E-state index >= 15 is 0 Å². The minimum atomic E-state index is -0.545. The number of halogens is 1. The van der Waals surface area contributed by atoms with Gasteiger partial charge in [-0.15, -0.1) is 0 Å². The first-order valence-electron chi connectivity index (χ1n) is 13.0. The number of carbonyl (C=O) groups excluding carboxylic acids is 1. The summed E-state index contributed by atoms with van der Waals surface area (Å²) in [5.41, 5.74) is 4.77. The predicted octanol–water partition coefficient (Wildman–Crippen LogP) is 7.00. The van der Waals surface area contributed by atoms with E-state index in [2.05, 4.69) is 37.2 Å². The molecule has 4 aromatic rings. The van der Waals surface area contributed by atoms with Gasteiger partial charge < -0.3 is 24.8 Å². The fourth-order valence-corrected chi connectivity index (χ4v) is 5.29. The number of thiocarbonyl (C=S) groups is 1.